The summed E-state index contributed by atoms with van der Waals surface area (Å²) in [5.74, 6) is -4.94. The van der Waals surface area contributed by atoms with Crippen LogP contribution in [0.25, 0.3) is 0 Å². The molecule has 1 aromatic carbocycles. The Morgan fingerprint density at radius 1 is 0.792 bits per heavy atom. The lowest BCUT2D eigenvalue weighted by Gasteiger charge is -2.17. The summed E-state index contributed by atoms with van der Waals surface area (Å²) in [6, 6.07) is 1.22. The molecule has 2 saturated heterocycles. The second-order valence-corrected chi connectivity index (χ2v) is 5.72. The fourth-order valence-electron chi connectivity index (χ4n) is 2.89. The van der Waals surface area contributed by atoms with Crippen LogP contribution in [0.5, 0.6) is 0 Å². The minimum atomic E-state index is -1.10. The van der Waals surface area contributed by atoms with Crippen molar-refractivity contribution in [2.24, 2.45) is 0 Å². The fourth-order valence-corrected chi connectivity index (χ4v) is 2.89. The van der Waals surface area contributed by atoms with Crippen molar-refractivity contribution in [1.29, 1.82) is 0 Å². The summed E-state index contributed by atoms with van der Waals surface area (Å²) >= 11 is 0. The topological polar surface area (TPSA) is 74.8 Å². The molecule has 2 fully saturated rings. The maximum atomic E-state index is 14.2. The highest BCUT2D eigenvalue weighted by molar-refractivity contribution is 6.08. The van der Waals surface area contributed by atoms with Crippen molar-refractivity contribution in [2.75, 3.05) is 13.1 Å². The molecule has 0 spiro atoms. The van der Waals surface area contributed by atoms with Gasteiger partial charge in [-0.3, -0.25) is 29.0 Å². The standard InChI is InChI=1S/C16H14F2N2O4/c17-11-8-10(16(24)20-6-2-4-14(20)22)12(18)7-9(11)15(23)19-5-1-3-13(19)21/h7-8H,1-6H2. The lowest BCUT2D eigenvalue weighted by molar-refractivity contribution is -0.126. The van der Waals surface area contributed by atoms with Crippen molar-refractivity contribution in [2.45, 2.75) is 25.7 Å². The third-order valence-corrected chi connectivity index (χ3v) is 4.15. The first-order chi connectivity index (χ1) is 11.4. The molecule has 2 aliphatic rings. The van der Waals surface area contributed by atoms with Gasteiger partial charge in [-0.15, -0.1) is 0 Å². The Labute approximate surface area is 136 Å². The maximum Gasteiger partial charge on any atom is 0.263 e. The predicted octanol–water partition coefficient (Wildman–Crippen LogP) is 1.49. The lowest BCUT2D eigenvalue weighted by Crippen LogP contribution is -2.34. The molecule has 4 amide bonds. The van der Waals surface area contributed by atoms with E-state index < -0.39 is 46.4 Å². The molecule has 1 aromatic rings. The van der Waals surface area contributed by atoms with Crippen LogP contribution in [0.3, 0.4) is 0 Å². The first-order valence-corrected chi connectivity index (χ1v) is 7.58. The third-order valence-electron chi connectivity index (χ3n) is 4.15. The van der Waals surface area contributed by atoms with Crippen LogP contribution in [0, 0.1) is 11.6 Å². The molecule has 3 rings (SSSR count). The monoisotopic (exact) mass is 336 g/mol. The minimum Gasteiger partial charge on any atom is -0.278 e. The van der Waals surface area contributed by atoms with E-state index in [1.54, 1.807) is 0 Å². The van der Waals surface area contributed by atoms with E-state index in [1.165, 1.54) is 0 Å². The number of carbonyl (C=O) groups excluding carboxylic acids is 4. The Bertz CT molecular complexity index is 699. The van der Waals surface area contributed by atoms with Gasteiger partial charge in [-0.1, -0.05) is 0 Å². The van der Waals surface area contributed by atoms with Gasteiger partial charge in [0.1, 0.15) is 11.6 Å². The van der Waals surface area contributed by atoms with Gasteiger partial charge in [-0.25, -0.2) is 8.78 Å². The maximum absolute atomic E-state index is 14.2. The molecule has 0 bridgehead atoms. The highest BCUT2D eigenvalue weighted by Gasteiger charge is 2.33. The van der Waals surface area contributed by atoms with E-state index in [-0.39, 0.29) is 25.9 Å². The molecule has 0 atom stereocenters. The number of amides is 4. The Kier molecular flexibility index (Phi) is 4.13. The first kappa shape index (κ1) is 16.2. The Hall–Kier alpha value is -2.64. The van der Waals surface area contributed by atoms with Crippen molar-refractivity contribution < 1.29 is 28.0 Å². The number of rotatable bonds is 2. The normalized spacial score (nSPS) is 17.8. The molecule has 0 aliphatic carbocycles. The predicted molar refractivity (Wildman–Crippen MR) is 76.9 cm³/mol. The molecule has 2 aliphatic heterocycles. The molecule has 0 aromatic heterocycles. The number of hydrogen-bond acceptors (Lipinski definition) is 4. The van der Waals surface area contributed by atoms with Crippen LogP contribution in [-0.4, -0.2) is 46.5 Å². The summed E-state index contributed by atoms with van der Waals surface area (Å²) in [6.07, 6.45) is 1.32. The molecule has 0 saturated carbocycles. The SMILES string of the molecule is O=C1CCCN1C(=O)c1cc(F)c(C(=O)N2CCCC2=O)cc1F. The van der Waals surface area contributed by atoms with Gasteiger partial charge in [-0.05, 0) is 25.0 Å². The van der Waals surface area contributed by atoms with Gasteiger partial charge >= 0.3 is 0 Å². The average Bonchev–Trinajstić information content (AvgIpc) is 3.16. The summed E-state index contributed by atoms with van der Waals surface area (Å²) in [4.78, 5) is 49.2. The van der Waals surface area contributed by atoms with Crippen LogP contribution in [0.4, 0.5) is 8.78 Å². The van der Waals surface area contributed by atoms with E-state index in [9.17, 15) is 28.0 Å². The van der Waals surface area contributed by atoms with Crippen molar-refractivity contribution in [3.8, 4) is 0 Å². The highest BCUT2D eigenvalue weighted by Crippen LogP contribution is 2.22. The molecule has 0 radical (unpaired) electrons. The van der Waals surface area contributed by atoms with Gasteiger partial charge in [0.05, 0.1) is 11.1 Å². The van der Waals surface area contributed by atoms with Crippen molar-refractivity contribution in [3.05, 3.63) is 34.9 Å². The molecule has 0 unspecified atom stereocenters. The Morgan fingerprint density at radius 3 is 1.46 bits per heavy atom. The van der Waals surface area contributed by atoms with Crippen molar-refractivity contribution in [3.63, 3.8) is 0 Å². The zero-order chi connectivity index (χ0) is 17.4. The number of halogens is 2. The molecule has 126 valence electrons. The van der Waals surface area contributed by atoms with Crippen LogP contribution < -0.4 is 0 Å². The van der Waals surface area contributed by atoms with E-state index in [2.05, 4.69) is 0 Å². The van der Waals surface area contributed by atoms with Crippen LogP contribution >= 0.6 is 0 Å². The number of hydrogen-bond donors (Lipinski definition) is 0. The van der Waals surface area contributed by atoms with E-state index in [4.69, 9.17) is 0 Å². The van der Waals surface area contributed by atoms with E-state index in [0.29, 0.717) is 25.0 Å². The van der Waals surface area contributed by atoms with E-state index in [1.807, 2.05) is 0 Å². The minimum absolute atomic E-state index is 0.154. The van der Waals surface area contributed by atoms with Crippen molar-refractivity contribution in [1.82, 2.24) is 9.80 Å². The molecule has 8 heteroatoms. The summed E-state index contributed by atoms with van der Waals surface area (Å²) in [5, 5.41) is 0. The van der Waals surface area contributed by atoms with E-state index >= 15 is 0 Å². The smallest absolute Gasteiger partial charge is 0.263 e. The molecule has 6 nitrogen and oxygen atoms in total. The van der Waals surface area contributed by atoms with Crippen LogP contribution in [-0.2, 0) is 9.59 Å². The summed E-state index contributed by atoms with van der Waals surface area (Å²) in [6.45, 7) is 0.309. The Morgan fingerprint density at radius 2 is 1.17 bits per heavy atom. The third kappa shape index (κ3) is 2.68. The lowest BCUT2D eigenvalue weighted by atomic mass is 10.1. The van der Waals surface area contributed by atoms with Crippen LogP contribution in [0.2, 0.25) is 0 Å². The number of carbonyl (C=O) groups is 4. The summed E-state index contributed by atoms with van der Waals surface area (Å²) < 4.78 is 28.4. The Balaban J connectivity index is 1.91. The van der Waals surface area contributed by atoms with Gasteiger partial charge in [0.2, 0.25) is 11.8 Å². The second kappa shape index (κ2) is 6.10. The molecule has 0 N–H and O–H groups in total. The quantitative estimate of drug-likeness (QED) is 0.767. The van der Waals surface area contributed by atoms with Gasteiger partial charge in [-0.2, -0.15) is 0 Å². The molecule has 24 heavy (non-hydrogen) atoms. The van der Waals surface area contributed by atoms with Gasteiger partial charge in [0.15, 0.2) is 0 Å². The second-order valence-electron chi connectivity index (χ2n) is 5.72. The van der Waals surface area contributed by atoms with Gasteiger partial charge < -0.3 is 0 Å². The van der Waals surface area contributed by atoms with Crippen LogP contribution in [0.15, 0.2) is 12.1 Å². The largest absolute Gasteiger partial charge is 0.278 e. The highest BCUT2D eigenvalue weighted by atomic mass is 19.1. The number of likely N-dealkylation sites (tertiary alicyclic amines) is 2. The number of nitrogens with zero attached hydrogens (tertiary/aromatic N) is 2. The first-order valence-electron chi connectivity index (χ1n) is 7.58. The molecular formula is C16H14F2N2O4. The average molecular weight is 336 g/mol. The summed E-state index contributed by atoms with van der Waals surface area (Å²) in [5.41, 5.74) is -1.21. The zero-order valence-corrected chi connectivity index (χ0v) is 12.7. The zero-order valence-electron chi connectivity index (χ0n) is 12.7. The van der Waals surface area contributed by atoms with Crippen LogP contribution in [0.1, 0.15) is 46.4 Å². The van der Waals surface area contributed by atoms with E-state index in [0.717, 1.165) is 9.80 Å². The fraction of sp³-hybridized carbons (Fsp3) is 0.375. The van der Waals surface area contributed by atoms with Gasteiger partial charge in [0.25, 0.3) is 11.8 Å². The summed E-state index contributed by atoms with van der Waals surface area (Å²) in [7, 11) is 0. The molecular weight excluding hydrogens is 322 g/mol. The molecule has 2 heterocycles. The van der Waals surface area contributed by atoms with Crippen molar-refractivity contribution >= 4 is 23.6 Å². The number of imide groups is 2. The number of benzene rings is 1. The van der Waals surface area contributed by atoms with Gasteiger partial charge in [0, 0.05) is 25.9 Å².